The van der Waals surface area contributed by atoms with Gasteiger partial charge in [-0.3, -0.25) is 9.69 Å². The Kier molecular flexibility index (Phi) is 6.37. The van der Waals surface area contributed by atoms with Crippen molar-refractivity contribution in [2.75, 3.05) is 7.05 Å². The van der Waals surface area contributed by atoms with Gasteiger partial charge in [-0.25, -0.2) is 4.79 Å². The van der Waals surface area contributed by atoms with Crippen LogP contribution in [0.4, 0.5) is 0 Å². The van der Waals surface area contributed by atoms with E-state index in [0.29, 0.717) is 6.54 Å². The zero-order valence-electron chi connectivity index (χ0n) is 13.0. The van der Waals surface area contributed by atoms with Gasteiger partial charge >= 0.3 is 5.97 Å². The number of carboxylic acids is 1. The Morgan fingerprint density at radius 2 is 1.76 bits per heavy atom. The average molecular weight is 292 g/mol. The van der Waals surface area contributed by atoms with Crippen LogP contribution in [0, 0.1) is 5.92 Å². The number of nitrogens with one attached hydrogen (secondary N) is 1. The summed E-state index contributed by atoms with van der Waals surface area (Å²) in [4.78, 5) is 25.2. The van der Waals surface area contributed by atoms with Gasteiger partial charge in [-0.2, -0.15) is 0 Å². The Morgan fingerprint density at radius 1 is 1.19 bits per heavy atom. The lowest BCUT2D eigenvalue weighted by Crippen LogP contribution is -2.51. The number of amides is 1. The van der Waals surface area contributed by atoms with Crippen LogP contribution in [-0.2, 0) is 16.1 Å². The molecule has 1 aromatic carbocycles. The second-order valence-electron chi connectivity index (χ2n) is 5.65. The molecule has 21 heavy (non-hydrogen) atoms. The summed E-state index contributed by atoms with van der Waals surface area (Å²) in [5.74, 6) is -1.43. The van der Waals surface area contributed by atoms with E-state index in [4.69, 9.17) is 5.11 Å². The first kappa shape index (κ1) is 17.2. The monoisotopic (exact) mass is 292 g/mol. The van der Waals surface area contributed by atoms with Gasteiger partial charge < -0.3 is 10.4 Å². The molecule has 0 bridgehead atoms. The Balaban J connectivity index is 2.62. The molecule has 0 spiro atoms. The molecule has 0 aliphatic heterocycles. The summed E-state index contributed by atoms with van der Waals surface area (Å²) in [5, 5.41) is 11.7. The molecule has 0 radical (unpaired) electrons. The molecule has 0 saturated carbocycles. The fourth-order valence-electron chi connectivity index (χ4n) is 2.00. The average Bonchev–Trinajstić information content (AvgIpc) is 2.43. The van der Waals surface area contributed by atoms with Crippen molar-refractivity contribution in [1.29, 1.82) is 0 Å². The number of nitrogens with zero attached hydrogens (tertiary/aromatic N) is 1. The molecule has 0 saturated heterocycles. The van der Waals surface area contributed by atoms with Crippen molar-refractivity contribution in [3.8, 4) is 0 Å². The fraction of sp³-hybridized carbons (Fsp3) is 0.500. The molecule has 2 atom stereocenters. The van der Waals surface area contributed by atoms with E-state index in [9.17, 15) is 9.59 Å². The van der Waals surface area contributed by atoms with E-state index in [0.717, 1.165) is 5.56 Å². The van der Waals surface area contributed by atoms with E-state index in [1.54, 1.807) is 20.8 Å². The number of carbonyl (C=O) groups excluding carboxylic acids is 1. The number of hydrogen-bond donors (Lipinski definition) is 2. The topological polar surface area (TPSA) is 69.6 Å². The predicted molar refractivity (Wildman–Crippen MR) is 81.8 cm³/mol. The van der Waals surface area contributed by atoms with Crippen LogP contribution in [0.25, 0.3) is 0 Å². The normalized spacial score (nSPS) is 14.0. The Morgan fingerprint density at radius 3 is 2.24 bits per heavy atom. The molecule has 0 heterocycles. The zero-order chi connectivity index (χ0) is 16.0. The summed E-state index contributed by atoms with van der Waals surface area (Å²) in [6, 6.07) is 8.58. The molecule has 116 valence electrons. The summed E-state index contributed by atoms with van der Waals surface area (Å²) in [5.41, 5.74) is 1.11. The second kappa shape index (κ2) is 7.78. The van der Waals surface area contributed by atoms with Gasteiger partial charge in [0.25, 0.3) is 0 Å². The maximum Gasteiger partial charge on any atom is 0.326 e. The minimum Gasteiger partial charge on any atom is -0.480 e. The molecular formula is C16H24N2O3. The predicted octanol–water partition coefficient (Wildman–Crippen LogP) is 1.73. The van der Waals surface area contributed by atoms with Crippen LogP contribution in [0.2, 0.25) is 0 Å². The van der Waals surface area contributed by atoms with E-state index in [-0.39, 0.29) is 11.8 Å². The molecular weight excluding hydrogens is 268 g/mol. The lowest BCUT2D eigenvalue weighted by atomic mass is 10.0. The van der Waals surface area contributed by atoms with Gasteiger partial charge in [-0.05, 0) is 25.5 Å². The van der Waals surface area contributed by atoms with Gasteiger partial charge in [0.2, 0.25) is 5.91 Å². The van der Waals surface area contributed by atoms with E-state index >= 15 is 0 Å². The van der Waals surface area contributed by atoms with Gasteiger partial charge in [-0.1, -0.05) is 44.2 Å². The molecule has 1 rings (SSSR count). The number of aliphatic carboxylic acids is 1. The Labute approximate surface area is 126 Å². The smallest absolute Gasteiger partial charge is 0.326 e. The molecule has 0 aliphatic rings. The molecule has 5 nitrogen and oxygen atoms in total. The van der Waals surface area contributed by atoms with Crippen LogP contribution >= 0.6 is 0 Å². The molecule has 1 aromatic rings. The summed E-state index contributed by atoms with van der Waals surface area (Å²) in [6.45, 7) is 5.96. The van der Waals surface area contributed by atoms with Crippen LogP contribution in [-0.4, -0.2) is 41.0 Å². The number of carboxylic acid groups (broad SMARTS) is 1. The van der Waals surface area contributed by atoms with Crippen molar-refractivity contribution in [1.82, 2.24) is 10.2 Å². The Bertz CT molecular complexity index is 474. The third kappa shape index (κ3) is 5.19. The van der Waals surface area contributed by atoms with Gasteiger partial charge in [-0.15, -0.1) is 0 Å². The van der Waals surface area contributed by atoms with Gasteiger partial charge in [0.1, 0.15) is 6.04 Å². The van der Waals surface area contributed by atoms with E-state index in [1.807, 2.05) is 42.3 Å². The first-order valence-corrected chi connectivity index (χ1v) is 7.10. The first-order valence-electron chi connectivity index (χ1n) is 7.10. The van der Waals surface area contributed by atoms with Crippen LogP contribution in [0.1, 0.15) is 26.3 Å². The lowest BCUT2D eigenvalue weighted by molar-refractivity contribution is -0.143. The summed E-state index contributed by atoms with van der Waals surface area (Å²) in [7, 11) is 1.85. The maximum absolute atomic E-state index is 12.2. The van der Waals surface area contributed by atoms with Crippen molar-refractivity contribution in [2.24, 2.45) is 5.92 Å². The minimum atomic E-state index is -1.00. The van der Waals surface area contributed by atoms with Crippen molar-refractivity contribution in [3.05, 3.63) is 35.9 Å². The highest BCUT2D eigenvalue weighted by atomic mass is 16.4. The molecule has 0 aliphatic carbocycles. The SMILES string of the molecule is CC(C)C(NC(=O)C(C)N(C)Cc1ccccc1)C(=O)O. The van der Waals surface area contributed by atoms with Crippen molar-refractivity contribution < 1.29 is 14.7 Å². The van der Waals surface area contributed by atoms with Crippen molar-refractivity contribution in [3.63, 3.8) is 0 Å². The van der Waals surface area contributed by atoms with Crippen LogP contribution in [0.3, 0.4) is 0 Å². The third-order valence-corrected chi connectivity index (χ3v) is 3.55. The fourth-order valence-corrected chi connectivity index (χ4v) is 2.00. The summed E-state index contributed by atoms with van der Waals surface area (Å²) in [6.07, 6.45) is 0. The van der Waals surface area contributed by atoms with Crippen molar-refractivity contribution >= 4 is 11.9 Å². The highest BCUT2D eigenvalue weighted by molar-refractivity contribution is 5.86. The van der Waals surface area contributed by atoms with Crippen LogP contribution in [0.15, 0.2) is 30.3 Å². The van der Waals surface area contributed by atoms with Crippen molar-refractivity contribution in [2.45, 2.75) is 39.4 Å². The molecule has 0 aromatic heterocycles. The Hall–Kier alpha value is -1.88. The first-order chi connectivity index (χ1) is 9.82. The highest BCUT2D eigenvalue weighted by Crippen LogP contribution is 2.08. The van der Waals surface area contributed by atoms with Crippen LogP contribution in [0.5, 0.6) is 0 Å². The van der Waals surface area contributed by atoms with E-state index in [1.165, 1.54) is 0 Å². The number of rotatable bonds is 7. The molecule has 5 heteroatoms. The van der Waals surface area contributed by atoms with Gasteiger partial charge in [0.05, 0.1) is 6.04 Å². The highest BCUT2D eigenvalue weighted by Gasteiger charge is 2.27. The maximum atomic E-state index is 12.2. The number of likely N-dealkylation sites (N-methyl/N-ethyl adjacent to an activating group) is 1. The van der Waals surface area contributed by atoms with E-state index < -0.39 is 18.1 Å². The van der Waals surface area contributed by atoms with Gasteiger partial charge in [0, 0.05) is 6.54 Å². The zero-order valence-corrected chi connectivity index (χ0v) is 13.0. The third-order valence-electron chi connectivity index (χ3n) is 3.55. The molecule has 2 N–H and O–H groups in total. The summed E-state index contributed by atoms with van der Waals surface area (Å²) < 4.78 is 0. The molecule has 2 unspecified atom stereocenters. The number of hydrogen-bond acceptors (Lipinski definition) is 3. The minimum absolute atomic E-state index is 0.155. The summed E-state index contributed by atoms with van der Waals surface area (Å²) >= 11 is 0. The van der Waals surface area contributed by atoms with Crippen LogP contribution < -0.4 is 5.32 Å². The van der Waals surface area contributed by atoms with Gasteiger partial charge in [0.15, 0.2) is 0 Å². The molecule has 1 amide bonds. The quantitative estimate of drug-likeness (QED) is 0.803. The largest absolute Gasteiger partial charge is 0.480 e. The van der Waals surface area contributed by atoms with E-state index in [2.05, 4.69) is 5.32 Å². The standard InChI is InChI=1S/C16H24N2O3/c1-11(2)14(16(20)21)17-15(19)12(3)18(4)10-13-8-6-5-7-9-13/h5-9,11-12,14H,10H2,1-4H3,(H,17,19)(H,20,21). The lowest BCUT2D eigenvalue weighted by Gasteiger charge is -2.26. The second-order valence-corrected chi connectivity index (χ2v) is 5.65. The number of carbonyl (C=O) groups is 2. The number of benzene rings is 1. The molecule has 0 fully saturated rings.